The summed E-state index contributed by atoms with van der Waals surface area (Å²) in [5.74, 6) is 1.13. The van der Waals surface area contributed by atoms with Crippen molar-refractivity contribution in [3.63, 3.8) is 0 Å². The molecule has 0 amide bonds. The van der Waals surface area contributed by atoms with Gasteiger partial charge >= 0.3 is 0 Å². The van der Waals surface area contributed by atoms with E-state index in [0.717, 1.165) is 50.0 Å². The molecular formula is C31H38Cl2F2N2O3. The first-order valence-electron chi connectivity index (χ1n) is 13.2. The van der Waals surface area contributed by atoms with Crippen LogP contribution in [0.25, 0.3) is 0 Å². The third-order valence-electron chi connectivity index (χ3n) is 7.22. The molecular weight excluding hydrogens is 557 g/mol. The standard InChI is InChI=1S/C31H36F2N2O3.2ClH/c1-22(36)26-8-13-29(30(20-26)37-2)38-19-3-16-35-17-14-25(15-18-35)31(24-6-11-28(33)12-7-24)34-21-23-4-9-27(32)10-5-23;;/h4-13,20,25,31,34H,3,14-19,21H2,1-2H3;2*1H. The maximum absolute atomic E-state index is 13.6. The molecule has 9 heteroatoms. The van der Waals surface area contributed by atoms with Crippen molar-refractivity contribution < 1.29 is 23.0 Å². The molecule has 1 unspecified atom stereocenters. The number of nitrogens with one attached hydrogen (secondary N) is 1. The molecule has 0 bridgehead atoms. The molecule has 0 aromatic heterocycles. The van der Waals surface area contributed by atoms with E-state index in [1.807, 2.05) is 12.1 Å². The van der Waals surface area contributed by atoms with E-state index in [2.05, 4.69) is 10.2 Å². The number of carbonyl (C=O) groups is 1. The predicted octanol–water partition coefficient (Wildman–Crippen LogP) is 7.03. The summed E-state index contributed by atoms with van der Waals surface area (Å²) in [6.45, 7) is 5.62. The first-order chi connectivity index (χ1) is 18.4. The first kappa shape index (κ1) is 33.5. The Labute approximate surface area is 248 Å². The average molecular weight is 596 g/mol. The second-order valence-corrected chi connectivity index (χ2v) is 9.84. The highest BCUT2D eigenvalue weighted by Gasteiger charge is 2.27. The van der Waals surface area contributed by atoms with Crippen molar-refractivity contribution in [2.24, 2.45) is 5.92 Å². The Morgan fingerprint density at radius 2 is 1.57 bits per heavy atom. The minimum absolute atomic E-state index is 0. The fourth-order valence-electron chi connectivity index (χ4n) is 5.04. The van der Waals surface area contributed by atoms with Gasteiger partial charge in [-0.3, -0.25) is 4.79 Å². The topological polar surface area (TPSA) is 50.8 Å². The summed E-state index contributed by atoms with van der Waals surface area (Å²) < 4.78 is 38.2. The van der Waals surface area contributed by atoms with Crippen molar-refractivity contribution in [2.75, 3.05) is 33.4 Å². The van der Waals surface area contributed by atoms with Gasteiger partial charge in [0.05, 0.1) is 13.7 Å². The monoisotopic (exact) mass is 594 g/mol. The van der Waals surface area contributed by atoms with Gasteiger partial charge in [0.2, 0.25) is 0 Å². The number of halogens is 4. The number of ether oxygens (including phenoxy) is 2. The summed E-state index contributed by atoms with van der Waals surface area (Å²) in [6.07, 6.45) is 2.94. The molecule has 1 atom stereocenters. The van der Waals surface area contributed by atoms with Crippen LogP contribution in [0.2, 0.25) is 0 Å². The van der Waals surface area contributed by atoms with E-state index < -0.39 is 0 Å². The van der Waals surface area contributed by atoms with E-state index in [4.69, 9.17) is 9.47 Å². The summed E-state index contributed by atoms with van der Waals surface area (Å²) in [4.78, 5) is 14.1. The number of methoxy groups -OCH3 is 1. The zero-order valence-corrected chi connectivity index (χ0v) is 24.5. The lowest BCUT2D eigenvalue weighted by Crippen LogP contribution is -2.39. The number of hydrogen-bond donors (Lipinski definition) is 1. The van der Waals surface area contributed by atoms with Crippen LogP contribution in [0.1, 0.15) is 53.7 Å². The van der Waals surface area contributed by atoms with E-state index in [9.17, 15) is 13.6 Å². The Hall–Kier alpha value is -2.71. The van der Waals surface area contributed by atoms with E-state index in [0.29, 0.717) is 36.1 Å². The Kier molecular flexibility index (Phi) is 13.8. The number of benzene rings is 3. The molecule has 0 saturated carbocycles. The Morgan fingerprint density at radius 3 is 2.17 bits per heavy atom. The number of piperidine rings is 1. The third-order valence-corrected chi connectivity index (χ3v) is 7.22. The maximum Gasteiger partial charge on any atom is 0.161 e. The van der Waals surface area contributed by atoms with E-state index in [1.54, 1.807) is 37.4 Å². The Balaban J connectivity index is 0.00000280. The molecule has 1 fully saturated rings. The van der Waals surface area contributed by atoms with Crippen LogP contribution in [0.15, 0.2) is 66.7 Å². The van der Waals surface area contributed by atoms with Crippen molar-refractivity contribution in [3.8, 4) is 11.5 Å². The van der Waals surface area contributed by atoms with Gasteiger partial charge in [-0.25, -0.2) is 8.78 Å². The molecule has 5 nitrogen and oxygen atoms in total. The van der Waals surface area contributed by atoms with Gasteiger partial charge in [0.1, 0.15) is 11.6 Å². The zero-order valence-electron chi connectivity index (χ0n) is 22.9. The van der Waals surface area contributed by atoms with Crippen LogP contribution < -0.4 is 14.8 Å². The molecule has 1 N–H and O–H groups in total. The normalized spacial score (nSPS) is 14.5. The number of likely N-dealkylation sites (tertiary alicyclic amines) is 1. The van der Waals surface area contributed by atoms with Gasteiger partial charge in [-0.1, -0.05) is 24.3 Å². The molecule has 3 aromatic carbocycles. The second kappa shape index (κ2) is 16.5. The molecule has 0 aliphatic carbocycles. The van der Waals surface area contributed by atoms with E-state index >= 15 is 0 Å². The van der Waals surface area contributed by atoms with Crippen LogP contribution in [0, 0.1) is 17.6 Å². The van der Waals surface area contributed by atoms with Gasteiger partial charge in [0.25, 0.3) is 0 Å². The van der Waals surface area contributed by atoms with Crippen molar-refractivity contribution in [1.29, 1.82) is 0 Å². The number of nitrogens with zero attached hydrogens (tertiary/aromatic N) is 1. The van der Waals surface area contributed by atoms with Gasteiger partial charge in [0, 0.05) is 24.7 Å². The fourth-order valence-corrected chi connectivity index (χ4v) is 5.04. The van der Waals surface area contributed by atoms with E-state index in [1.165, 1.54) is 31.2 Å². The van der Waals surface area contributed by atoms with Gasteiger partial charge in [-0.15, -0.1) is 24.8 Å². The van der Waals surface area contributed by atoms with Crippen LogP contribution >= 0.6 is 24.8 Å². The van der Waals surface area contributed by atoms with Crippen molar-refractivity contribution in [1.82, 2.24) is 10.2 Å². The summed E-state index contributed by atoms with van der Waals surface area (Å²) >= 11 is 0. The largest absolute Gasteiger partial charge is 0.493 e. The molecule has 1 aliphatic rings. The smallest absolute Gasteiger partial charge is 0.161 e. The SMILES string of the molecule is COc1cc(C(C)=O)ccc1OCCCN1CCC(C(NCc2ccc(F)cc2)c2ccc(F)cc2)CC1.Cl.Cl. The van der Waals surface area contributed by atoms with Crippen LogP contribution in [0.5, 0.6) is 11.5 Å². The van der Waals surface area contributed by atoms with Crippen molar-refractivity contribution in [3.05, 3.63) is 95.1 Å². The third kappa shape index (κ3) is 9.44. The summed E-state index contributed by atoms with van der Waals surface area (Å²) in [5, 5.41) is 3.65. The number of Topliss-reactive ketones (excluding diaryl/α,β-unsaturated/α-hetero) is 1. The number of hydrogen-bond acceptors (Lipinski definition) is 5. The van der Waals surface area contributed by atoms with Gasteiger partial charge < -0.3 is 19.7 Å². The molecule has 1 aliphatic heterocycles. The summed E-state index contributed by atoms with van der Waals surface area (Å²) in [5.41, 5.74) is 2.69. The van der Waals surface area contributed by atoms with Crippen LogP contribution in [-0.2, 0) is 6.54 Å². The quantitative estimate of drug-likeness (QED) is 0.180. The zero-order chi connectivity index (χ0) is 26.9. The van der Waals surface area contributed by atoms with Crippen molar-refractivity contribution >= 4 is 30.6 Å². The maximum atomic E-state index is 13.6. The minimum atomic E-state index is -0.244. The molecule has 4 rings (SSSR count). The predicted molar refractivity (Wildman–Crippen MR) is 159 cm³/mol. The lowest BCUT2D eigenvalue weighted by molar-refractivity contribution is 0.101. The highest BCUT2D eigenvalue weighted by molar-refractivity contribution is 5.94. The minimum Gasteiger partial charge on any atom is -0.493 e. The highest BCUT2D eigenvalue weighted by atomic mass is 35.5. The average Bonchev–Trinajstić information content (AvgIpc) is 2.93. The molecule has 1 heterocycles. The molecule has 3 aromatic rings. The van der Waals surface area contributed by atoms with Crippen LogP contribution in [0.4, 0.5) is 8.78 Å². The number of carbonyl (C=O) groups excluding carboxylic acids is 1. The Morgan fingerprint density at radius 1 is 0.950 bits per heavy atom. The second-order valence-electron chi connectivity index (χ2n) is 9.84. The first-order valence-corrected chi connectivity index (χ1v) is 13.2. The lowest BCUT2D eigenvalue weighted by Gasteiger charge is -2.37. The van der Waals surface area contributed by atoms with Crippen LogP contribution in [-0.4, -0.2) is 44.0 Å². The van der Waals surface area contributed by atoms with Gasteiger partial charge in [0.15, 0.2) is 17.3 Å². The fraction of sp³-hybridized carbons (Fsp3) is 0.387. The lowest BCUT2D eigenvalue weighted by atomic mass is 9.85. The van der Waals surface area contributed by atoms with Gasteiger partial charge in [-0.05, 0) is 98.8 Å². The van der Waals surface area contributed by atoms with E-state index in [-0.39, 0.29) is 48.3 Å². The van der Waals surface area contributed by atoms with Gasteiger partial charge in [-0.2, -0.15) is 0 Å². The van der Waals surface area contributed by atoms with Crippen molar-refractivity contribution in [2.45, 2.75) is 38.8 Å². The molecule has 218 valence electrons. The Bertz CT molecular complexity index is 1190. The summed E-state index contributed by atoms with van der Waals surface area (Å²) in [6, 6.07) is 18.6. The molecule has 40 heavy (non-hydrogen) atoms. The highest BCUT2D eigenvalue weighted by Crippen LogP contribution is 2.32. The number of ketones is 1. The molecule has 1 saturated heterocycles. The summed E-state index contributed by atoms with van der Waals surface area (Å²) in [7, 11) is 1.57. The molecule has 0 spiro atoms. The number of rotatable bonds is 12. The van der Waals surface area contributed by atoms with Crippen LogP contribution in [0.3, 0.4) is 0 Å². The molecule has 0 radical (unpaired) electrons.